The van der Waals surface area contributed by atoms with Crippen molar-refractivity contribution in [3.05, 3.63) is 187 Å². The number of benzene rings is 7. The zero-order chi connectivity index (χ0) is 39.2. The Labute approximate surface area is 341 Å². The molecule has 7 aromatic carbocycles. The molecule has 282 valence electrons. The van der Waals surface area contributed by atoms with Gasteiger partial charge in [0.05, 0.1) is 31.8 Å². The fraction of sp³-hybridized carbons (Fsp3) is 0.104. The van der Waals surface area contributed by atoms with Crippen LogP contribution in [0.4, 0.5) is 0 Å². The maximum atomic E-state index is 7.41. The van der Waals surface area contributed by atoms with Crippen molar-refractivity contribution in [1.29, 1.82) is 0 Å². The van der Waals surface area contributed by atoms with E-state index in [2.05, 4.69) is 224 Å². The van der Waals surface area contributed by atoms with Crippen LogP contribution in [0, 0.1) is 0 Å². The van der Waals surface area contributed by atoms with Gasteiger partial charge in [-0.15, -0.1) is 10.0 Å². The molecule has 0 spiro atoms. The zero-order valence-electron chi connectivity index (χ0n) is 33.2. The fourth-order valence-corrected chi connectivity index (χ4v) is 23.0. The molecule has 0 saturated carbocycles. The van der Waals surface area contributed by atoms with Crippen molar-refractivity contribution in [2.75, 3.05) is 25.0 Å². The quantitative estimate of drug-likeness (QED) is 0.150. The van der Waals surface area contributed by atoms with Gasteiger partial charge in [-0.2, -0.15) is 0 Å². The van der Waals surface area contributed by atoms with E-state index in [1.807, 2.05) is 0 Å². The highest BCUT2D eigenvalue weighted by Gasteiger charge is 2.54. The van der Waals surface area contributed by atoms with Gasteiger partial charge in [0, 0.05) is 30.7 Å². The molecular formula is C48H45B2N3OS3. The number of imidazole rings is 2. The van der Waals surface area contributed by atoms with E-state index < -0.39 is 29.8 Å². The van der Waals surface area contributed by atoms with Crippen LogP contribution in [0.3, 0.4) is 0 Å². The molecule has 10 rings (SSSR count). The van der Waals surface area contributed by atoms with Gasteiger partial charge in [-0.05, 0) is 104 Å². The van der Waals surface area contributed by atoms with E-state index in [1.54, 1.807) is 0 Å². The fourth-order valence-electron chi connectivity index (χ4n) is 9.73. The van der Waals surface area contributed by atoms with Crippen LogP contribution in [0.1, 0.15) is 11.1 Å². The Hall–Kier alpha value is -5.21. The van der Waals surface area contributed by atoms with Gasteiger partial charge in [-0.25, -0.2) is 4.98 Å². The monoisotopic (exact) mass is 797 g/mol. The molecule has 1 aliphatic rings. The first-order chi connectivity index (χ1) is 27.6. The number of aromatic nitrogens is 3. The van der Waals surface area contributed by atoms with Gasteiger partial charge in [-0.3, -0.25) is 28.7 Å². The lowest BCUT2D eigenvalue weighted by Gasteiger charge is -2.62. The van der Waals surface area contributed by atoms with E-state index in [9.17, 15) is 0 Å². The first-order valence-electron chi connectivity index (χ1n) is 19.2. The number of ether oxygens (including phenoxy) is 1. The van der Waals surface area contributed by atoms with Crippen molar-refractivity contribution in [3.63, 3.8) is 0 Å². The van der Waals surface area contributed by atoms with Gasteiger partial charge in [0.15, 0.2) is 14.2 Å². The Balaban J connectivity index is 1.34. The summed E-state index contributed by atoms with van der Waals surface area (Å²) >= 11 is 0. The molecule has 0 unspecified atom stereocenters. The van der Waals surface area contributed by atoms with Crippen LogP contribution in [0.2, 0.25) is 0 Å². The molecule has 0 amide bonds. The Morgan fingerprint density at radius 3 is 1.75 bits per heavy atom. The van der Waals surface area contributed by atoms with Crippen LogP contribution >= 0.6 is 29.8 Å². The lowest BCUT2D eigenvalue weighted by Crippen LogP contribution is -2.41. The van der Waals surface area contributed by atoms with Crippen molar-refractivity contribution >= 4 is 71.9 Å². The van der Waals surface area contributed by atoms with E-state index in [0.29, 0.717) is 0 Å². The smallest absolute Gasteiger partial charge is 0.220 e. The van der Waals surface area contributed by atoms with Crippen molar-refractivity contribution in [1.82, 2.24) is 14.0 Å². The molecule has 2 aromatic heterocycles. The zero-order valence-corrected chi connectivity index (χ0v) is 35.7. The van der Waals surface area contributed by atoms with E-state index >= 15 is 0 Å². The summed E-state index contributed by atoms with van der Waals surface area (Å²) in [7, 11) is 0.290. The average Bonchev–Trinajstić information content (AvgIpc) is 3.75. The minimum Gasteiger partial charge on any atom is -0.455 e. The van der Waals surface area contributed by atoms with E-state index in [1.165, 1.54) is 30.7 Å². The van der Waals surface area contributed by atoms with Gasteiger partial charge < -0.3 is 4.74 Å². The highest BCUT2D eigenvalue weighted by atomic mass is 32.3. The van der Waals surface area contributed by atoms with Gasteiger partial charge >= 0.3 is 0 Å². The van der Waals surface area contributed by atoms with Crippen molar-refractivity contribution in [3.8, 4) is 17.2 Å². The van der Waals surface area contributed by atoms with Crippen LogP contribution in [0.15, 0.2) is 196 Å². The first-order valence-corrected chi connectivity index (χ1v) is 26.6. The number of fused-ring (bicyclic) bond motifs is 7. The van der Waals surface area contributed by atoms with E-state index in [0.717, 1.165) is 45.0 Å². The van der Waals surface area contributed by atoms with Gasteiger partial charge in [0.25, 0.3) is 0 Å². The van der Waals surface area contributed by atoms with E-state index in [-0.39, 0.29) is 4.08 Å². The predicted octanol–water partition coefficient (Wildman–Crippen LogP) is 11.3. The molecule has 4 nitrogen and oxygen atoms in total. The summed E-state index contributed by atoms with van der Waals surface area (Å²) in [4.78, 5) is 10.2. The Kier molecular flexibility index (Phi) is 8.35. The highest BCUT2D eigenvalue weighted by Crippen LogP contribution is 2.82. The third-order valence-electron chi connectivity index (χ3n) is 11.6. The largest absolute Gasteiger partial charge is 0.455 e. The Morgan fingerprint density at radius 2 is 1.07 bits per heavy atom. The van der Waals surface area contributed by atoms with Crippen molar-refractivity contribution < 1.29 is 4.74 Å². The predicted molar refractivity (Wildman–Crippen MR) is 253 cm³/mol. The molecule has 0 bridgehead atoms. The summed E-state index contributed by atoms with van der Waals surface area (Å²) in [5, 5.41) is 0. The second-order valence-electron chi connectivity index (χ2n) is 16.3. The molecule has 9 heteroatoms. The van der Waals surface area contributed by atoms with Crippen LogP contribution in [-0.2, 0) is 4.08 Å². The summed E-state index contributed by atoms with van der Waals surface area (Å²) in [6.45, 7) is 0. The summed E-state index contributed by atoms with van der Waals surface area (Å²) in [5.41, 5.74) is 8.03. The minimum atomic E-state index is -2.19. The normalized spacial score (nSPS) is 14.9. The number of hydrogen-bond acceptors (Lipinski definition) is 2. The lowest BCUT2D eigenvalue weighted by atomic mass is 9.99. The maximum absolute atomic E-state index is 7.41. The number of rotatable bonds is 7. The third-order valence-corrected chi connectivity index (χ3v) is 22.8. The molecule has 0 radical (unpaired) electrons. The summed E-state index contributed by atoms with van der Waals surface area (Å²) in [6.07, 6.45) is 10.0. The standard InChI is InChI=1S/C48H45B2N3OS3/c1-55(2,49)48(56(3,4)50)38-25-11-16-31-44(38)54-46-39(48)26-18-32-45(46)57(35-20-7-5-8-21-35,36-22-9-6-10-23-36)37-24-17-19-34(33-37)52-42-29-14-15-30-43(42)53-41-28-13-12-27-40(41)51-47(52)53/h5-33H,49-50H2,1-4H3. The Morgan fingerprint density at radius 1 is 0.526 bits per heavy atom. The molecule has 57 heavy (non-hydrogen) atoms. The number of hydrogen-bond donors (Lipinski definition) is 0. The molecule has 0 saturated heterocycles. The second kappa shape index (κ2) is 13.2. The minimum absolute atomic E-state index is 0.209. The summed E-state index contributed by atoms with van der Waals surface area (Å²) in [6, 6.07) is 64.6. The first kappa shape index (κ1) is 36.2. The number of para-hydroxylation sites is 6. The average molecular weight is 798 g/mol. The number of nitrogens with zero attached hydrogens (tertiary/aromatic N) is 3. The molecule has 0 fully saturated rings. The highest BCUT2D eigenvalue weighted by molar-refractivity contribution is 8.64. The molecular weight excluding hydrogens is 752 g/mol. The molecule has 0 aliphatic carbocycles. The van der Waals surface area contributed by atoms with Gasteiger partial charge in [-0.1, -0.05) is 97.1 Å². The van der Waals surface area contributed by atoms with Gasteiger partial charge in [0.2, 0.25) is 5.78 Å². The topological polar surface area (TPSA) is 31.5 Å². The van der Waals surface area contributed by atoms with Crippen molar-refractivity contribution in [2.45, 2.75) is 23.7 Å². The van der Waals surface area contributed by atoms with E-state index in [4.69, 9.17) is 9.72 Å². The van der Waals surface area contributed by atoms with Crippen LogP contribution in [-0.4, -0.2) is 53.2 Å². The summed E-state index contributed by atoms with van der Waals surface area (Å²) in [5.74, 6) is 2.87. The Bertz CT molecular complexity index is 2930. The SMILES string of the molecule is BS(C)(C)C1(S(B)(C)C)c2ccccc2Oc2c1cccc2S(c1ccccc1)(c1ccccc1)c1cccc(-n2c3ccccc3n3c4ccccc4nc23)c1. The molecule has 0 atom stereocenters. The molecule has 9 aromatic rings. The lowest BCUT2D eigenvalue weighted by molar-refractivity contribution is 0.442. The second-order valence-corrected chi connectivity index (χ2v) is 28.2. The third kappa shape index (κ3) is 5.11. The molecule has 1 aliphatic heterocycles. The van der Waals surface area contributed by atoms with Crippen LogP contribution < -0.4 is 4.74 Å². The molecule has 3 heterocycles. The van der Waals surface area contributed by atoms with Crippen LogP contribution in [0.25, 0.3) is 33.5 Å². The molecule has 0 N–H and O–H groups in total. The van der Waals surface area contributed by atoms with Crippen LogP contribution in [0.5, 0.6) is 11.5 Å². The maximum Gasteiger partial charge on any atom is 0.220 e. The van der Waals surface area contributed by atoms with Gasteiger partial charge in [0.1, 0.15) is 11.5 Å². The van der Waals surface area contributed by atoms with Crippen molar-refractivity contribution in [2.24, 2.45) is 0 Å². The summed E-state index contributed by atoms with van der Waals surface area (Å²) < 4.78 is 11.8.